The maximum atomic E-state index is 13.1. The minimum absolute atomic E-state index is 0.0726. The Labute approximate surface area is 179 Å². The molecule has 1 heterocycles. The van der Waals surface area contributed by atoms with Gasteiger partial charge in [-0.25, -0.2) is 14.7 Å². The summed E-state index contributed by atoms with van der Waals surface area (Å²) in [7, 11) is 3.12. The van der Waals surface area contributed by atoms with Crippen LogP contribution in [-0.2, 0) is 6.42 Å². The molecule has 1 N–H and O–H groups in total. The number of hydrogen-bond donors (Lipinski definition) is 1. The summed E-state index contributed by atoms with van der Waals surface area (Å²) in [5, 5.41) is 14.3. The average Bonchev–Trinajstić information content (AvgIpc) is 2.80. The molecule has 31 heavy (non-hydrogen) atoms. The van der Waals surface area contributed by atoms with Crippen molar-refractivity contribution in [3.8, 4) is 11.5 Å². The molecule has 0 saturated heterocycles. The first kappa shape index (κ1) is 21.6. The highest BCUT2D eigenvalue weighted by molar-refractivity contribution is 6.00. The lowest BCUT2D eigenvalue weighted by molar-refractivity contribution is -0.384. The number of methoxy groups -OCH3 is 2. The van der Waals surface area contributed by atoms with Gasteiger partial charge in [0.15, 0.2) is 0 Å². The molecule has 0 saturated carbocycles. The molecule has 9 heteroatoms. The van der Waals surface area contributed by atoms with Crippen LogP contribution in [0.4, 0.5) is 22.0 Å². The summed E-state index contributed by atoms with van der Waals surface area (Å²) >= 11 is 0. The van der Waals surface area contributed by atoms with E-state index in [9.17, 15) is 14.9 Å². The molecule has 1 aromatic heterocycles. The fourth-order valence-electron chi connectivity index (χ4n) is 2.99. The zero-order chi connectivity index (χ0) is 22.2. The van der Waals surface area contributed by atoms with Gasteiger partial charge in [0.1, 0.15) is 11.5 Å². The van der Waals surface area contributed by atoms with E-state index in [-0.39, 0.29) is 11.5 Å². The van der Waals surface area contributed by atoms with Crippen molar-refractivity contribution in [3.05, 3.63) is 82.5 Å². The van der Waals surface area contributed by atoms with Gasteiger partial charge in [0.05, 0.1) is 24.8 Å². The van der Waals surface area contributed by atoms with Crippen LogP contribution in [0.1, 0.15) is 5.56 Å². The van der Waals surface area contributed by atoms with Gasteiger partial charge < -0.3 is 14.8 Å². The molecule has 160 valence electrons. The van der Waals surface area contributed by atoms with Crippen LogP contribution in [0.2, 0.25) is 0 Å². The Bertz CT molecular complexity index is 1060. The number of anilines is 2. The summed E-state index contributed by atoms with van der Waals surface area (Å²) in [6.45, 7) is 0.319. The van der Waals surface area contributed by atoms with E-state index in [4.69, 9.17) is 9.47 Å². The molecular weight excluding hydrogens is 400 g/mol. The Balaban J connectivity index is 1.85. The first-order chi connectivity index (χ1) is 15.0. The van der Waals surface area contributed by atoms with E-state index in [0.717, 1.165) is 11.3 Å². The first-order valence-electron chi connectivity index (χ1n) is 9.48. The highest BCUT2D eigenvalue weighted by Gasteiger charge is 2.27. The van der Waals surface area contributed by atoms with Gasteiger partial charge in [-0.3, -0.25) is 10.1 Å². The van der Waals surface area contributed by atoms with Crippen LogP contribution in [0.25, 0.3) is 0 Å². The number of nitrogens with zero attached hydrogens (tertiary/aromatic N) is 3. The van der Waals surface area contributed by atoms with E-state index in [1.807, 2.05) is 24.3 Å². The third kappa shape index (κ3) is 5.27. The quantitative estimate of drug-likeness (QED) is 0.433. The molecule has 3 aromatic rings. The topological polar surface area (TPSA) is 107 Å². The zero-order valence-electron chi connectivity index (χ0n) is 17.1. The zero-order valence-corrected chi connectivity index (χ0v) is 17.1. The molecule has 0 spiro atoms. The van der Waals surface area contributed by atoms with Gasteiger partial charge in [0.2, 0.25) is 5.82 Å². The minimum atomic E-state index is -0.567. The summed E-state index contributed by atoms with van der Waals surface area (Å²) in [4.78, 5) is 29.3. The van der Waals surface area contributed by atoms with Crippen LogP contribution in [-0.4, -0.2) is 36.7 Å². The van der Waals surface area contributed by atoms with E-state index < -0.39 is 11.0 Å². The predicted molar refractivity (Wildman–Crippen MR) is 116 cm³/mol. The third-order valence-electron chi connectivity index (χ3n) is 4.53. The number of pyridine rings is 1. The van der Waals surface area contributed by atoms with Crippen molar-refractivity contribution in [2.75, 3.05) is 25.7 Å². The summed E-state index contributed by atoms with van der Waals surface area (Å²) in [6, 6.07) is 16.4. The van der Waals surface area contributed by atoms with Gasteiger partial charge in [-0.1, -0.05) is 12.1 Å². The van der Waals surface area contributed by atoms with Gasteiger partial charge in [0.25, 0.3) is 0 Å². The summed E-state index contributed by atoms with van der Waals surface area (Å²) in [5.41, 5.74) is 1.13. The van der Waals surface area contributed by atoms with Crippen LogP contribution in [0.5, 0.6) is 11.5 Å². The smallest absolute Gasteiger partial charge is 0.327 e. The lowest BCUT2D eigenvalue weighted by atomic mass is 10.1. The van der Waals surface area contributed by atoms with Gasteiger partial charge in [-0.05, 0) is 54.4 Å². The van der Waals surface area contributed by atoms with Gasteiger partial charge in [0, 0.05) is 18.8 Å². The van der Waals surface area contributed by atoms with Crippen molar-refractivity contribution < 1.29 is 19.2 Å². The highest BCUT2D eigenvalue weighted by atomic mass is 16.6. The van der Waals surface area contributed by atoms with Gasteiger partial charge in [-0.2, -0.15) is 0 Å². The molecule has 3 rings (SSSR count). The lowest BCUT2D eigenvalue weighted by Crippen LogP contribution is -2.38. The molecule has 0 aliphatic rings. The standard InChI is InChI=1S/C22H22N4O5/c1-30-18-10-8-17(9-11-18)25(21-20(26(28)29)7-4-13-23-21)22(27)24-14-12-16-5-3-6-19(15-16)31-2/h3-11,13,15H,12,14H2,1-2H3,(H,24,27). The second-order valence-corrected chi connectivity index (χ2v) is 6.47. The number of carbonyl (C=O) groups is 1. The Hall–Kier alpha value is -4.14. The molecule has 0 aliphatic heterocycles. The predicted octanol–water partition coefficient (Wildman–Crippen LogP) is 4.10. The summed E-state index contributed by atoms with van der Waals surface area (Å²) < 4.78 is 10.4. The van der Waals surface area contributed by atoms with Crippen LogP contribution >= 0.6 is 0 Å². The fourth-order valence-corrected chi connectivity index (χ4v) is 2.99. The Morgan fingerprint density at radius 3 is 2.48 bits per heavy atom. The number of benzene rings is 2. The molecule has 0 atom stereocenters. The third-order valence-corrected chi connectivity index (χ3v) is 4.53. The van der Waals surface area contributed by atoms with Crippen LogP contribution in [0.15, 0.2) is 66.9 Å². The van der Waals surface area contributed by atoms with Crippen molar-refractivity contribution in [1.29, 1.82) is 0 Å². The number of nitrogens with one attached hydrogen (secondary N) is 1. The minimum Gasteiger partial charge on any atom is -0.497 e. The summed E-state index contributed by atoms with van der Waals surface area (Å²) in [6.07, 6.45) is 1.96. The number of rotatable bonds is 8. The normalized spacial score (nSPS) is 10.3. The number of carbonyl (C=O) groups excluding carboxylic acids is 1. The van der Waals surface area contributed by atoms with Crippen molar-refractivity contribution >= 4 is 23.2 Å². The largest absolute Gasteiger partial charge is 0.497 e. The number of urea groups is 1. The number of amides is 2. The highest BCUT2D eigenvalue weighted by Crippen LogP contribution is 2.32. The Kier molecular flexibility index (Phi) is 7.00. The van der Waals surface area contributed by atoms with Crippen LogP contribution < -0.4 is 19.7 Å². The average molecular weight is 422 g/mol. The van der Waals surface area contributed by atoms with E-state index in [1.54, 1.807) is 31.4 Å². The molecule has 2 aromatic carbocycles. The second kappa shape index (κ2) is 10.1. The molecule has 0 radical (unpaired) electrons. The van der Waals surface area contributed by atoms with Gasteiger partial charge >= 0.3 is 11.7 Å². The Morgan fingerprint density at radius 1 is 1.06 bits per heavy atom. The molecular formula is C22H22N4O5. The molecule has 0 bridgehead atoms. The number of ether oxygens (including phenoxy) is 2. The van der Waals surface area contributed by atoms with Crippen molar-refractivity contribution in [1.82, 2.24) is 10.3 Å². The van der Waals surface area contributed by atoms with Crippen LogP contribution in [0.3, 0.4) is 0 Å². The number of hydrogen-bond acceptors (Lipinski definition) is 6. The Morgan fingerprint density at radius 2 is 1.81 bits per heavy atom. The van der Waals surface area contributed by atoms with Crippen molar-refractivity contribution in [2.24, 2.45) is 0 Å². The molecule has 0 aliphatic carbocycles. The molecule has 9 nitrogen and oxygen atoms in total. The molecule has 0 unspecified atom stereocenters. The molecule has 2 amide bonds. The summed E-state index contributed by atoms with van der Waals surface area (Å²) in [5.74, 6) is 1.25. The van der Waals surface area contributed by atoms with E-state index in [0.29, 0.717) is 24.4 Å². The number of aromatic nitrogens is 1. The van der Waals surface area contributed by atoms with E-state index in [2.05, 4.69) is 10.3 Å². The first-order valence-corrected chi connectivity index (χ1v) is 9.48. The second-order valence-electron chi connectivity index (χ2n) is 6.47. The van der Waals surface area contributed by atoms with Crippen LogP contribution in [0, 0.1) is 10.1 Å². The van der Waals surface area contributed by atoms with Gasteiger partial charge in [-0.15, -0.1) is 0 Å². The van der Waals surface area contributed by atoms with E-state index in [1.165, 1.54) is 30.3 Å². The SMILES string of the molecule is COc1ccc(N(C(=O)NCCc2cccc(OC)c2)c2ncccc2[N+](=O)[O-])cc1. The monoisotopic (exact) mass is 422 g/mol. The maximum absolute atomic E-state index is 13.1. The van der Waals surface area contributed by atoms with E-state index >= 15 is 0 Å². The lowest BCUT2D eigenvalue weighted by Gasteiger charge is -2.22. The van der Waals surface area contributed by atoms with Crippen molar-refractivity contribution in [3.63, 3.8) is 0 Å². The fraction of sp³-hybridized carbons (Fsp3) is 0.182. The molecule has 0 fully saturated rings. The van der Waals surface area contributed by atoms with Crippen molar-refractivity contribution in [2.45, 2.75) is 6.42 Å². The number of nitro groups is 1. The maximum Gasteiger partial charge on any atom is 0.327 e.